The molecular formula is C17H15N7O3. The third kappa shape index (κ3) is 4.31. The lowest BCUT2D eigenvalue weighted by atomic mass is 10.2. The molecule has 136 valence electrons. The van der Waals surface area contributed by atoms with Crippen LogP contribution in [-0.4, -0.2) is 25.8 Å². The number of nitrogens with zero attached hydrogens (tertiary/aromatic N) is 4. The molecule has 3 aromatic rings. The van der Waals surface area contributed by atoms with Crippen LogP contribution in [0.3, 0.4) is 0 Å². The van der Waals surface area contributed by atoms with Crippen LogP contribution < -0.4 is 16.2 Å². The Balaban J connectivity index is 1.82. The number of pyridine rings is 1. The van der Waals surface area contributed by atoms with Crippen molar-refractivity contribution >= 4 is 28.9 Å². The number of anilines is 3. The number of hydrazine groups is 1. The van der Waals surface area contributed by atoms with Gasteiger partial charge in [0.05, 0.1) is 4.92 Å². The second-order valence-corrected chi connectivity index (χ2v) is 5.46. The fraction of sp³-hybridized carbons (Fsp3) is 0.0588. The molecular weight excluding hydrogens is 350 g/mol. The van der Waals surface area contributed by atoms with E-state index in [2.05, 4.69) is 31.1 Å². The Morgan fingerprint density at radius 2 is 1.78 bits per heavy atom. The van der Waals surface area contributed by atoms with Crippen LogP contribution in [0.5, 0.6) is 0 Å². The van der Waals surface area contributed by atoms with Gasteiger partial charge in [0.15, 0.2) is 0 Å². The van der Waals surface area contributed by atoms with Gasteiger partial charge in [0, 0.05) is 11.9 Å². The van der Waals surface area contributed by atoms with Crippen LogP contribution in [0, 0.1) is 17.0 Å². The summed E-state index contributed by atoms with van der Waals surface area (Å²) in [7, 11) is 0. The van der Waals surface area contributed by atoms with Crippen LogP contribution in [-0.2, 0) is 0 Å². The summed E-state index contributed by atoms with van der Waals surface area (Å²) >= 11 is 0. The highest BCUT2D eigenvalue weighted by atomic mass is 16.6. The summed E-state index contributed by atoms with van der Waals surface area (Å²) in [5, 5.41) is 14.4. The molecule has 0 saturated carbocycles. The molecule has 10 nitrogen and oxygen atoms in total. The molecule has 0 saturated heterocycles. The molecule has 27 heavy (non-hydrogen) atoms. The van der Waals surface area contributed by atoms with Crippen LogP contribution in [0.1, 0.15) is 16.1 Å². The maximum absolute atomic E-state index is 12.0. The molecule has 0 aliphatic heterocycles. The normalized spacial score (nSPS) is 10.1. The Labute approximate surface area is 153 Å². The molecule has 1 aromatic carbocycles. The molecule has 2 heterocycles. The molecule has 0 aliphatic rings. The SMILES string of the molecule is Cc1ccc(Nc2ncnc(NNC(=O)c3ccccn3)c2[N+](=O)[O-])cc1. The van der Waals surface area contributed by atoms with Crippen molar-refractivity contribution in [2.45, 2.75) is 6.92 Å². The minimum absolute atomic E-state index is 0.00608. The van der Waals surface area contributed by atoms with Crippen molar-refractivity contribution in [3.63, 3.8) is 0 Å². The second-order valence-electron chi connectivity index (χ2n) is 5.46. The monoisotopic (exact) mass is 365 g/mol. The molecule has 10 heteroatoms. The summed E-state index contributed by atoms with van der Waals surface area (Å²) < 4.78 is 0. The highest BCUT2D eigenvalue weighted by molar-refractivity contribution is 5.93. The van der Waals surface area contributed by atoms with E-state index in [0.29, 0.717) is 5.69 Å². The van der Waals surface area contributed by atoms with Gasteiger partial charge in [-0.15, -0.1) is 0 Å². The van der Waals surface area contributed by atoms with Crippen molar-refractivity contribution in [1.82, 2.24) is 20.4 Å². The van der Waals surface area contributed by atoms with Gasteiger partial charge in [-0.3, -0.25) is 30.7 Å². The first-order chi connectivity index (χ1) is 13.0. The van der Waals surface area contributed by atoms with Crippen LogP contribution in [0.4, 0.5) is 23.0 Å². The fourth-order valence-corrected chi connectivity index (χ4v) is 2.19. The molecule has 1 amide bonds. The molecule has 2 aromatic heterocycles. The number of carbonyl (C=O) groups is 1. The number of amides is 1. The van der Waals surface area contributed by atoms with Crippen molar-refractivity contribution in [2.75, 3.05) is 10.7 Å². The average molecular weight is 365 g/mol. The maximum Gasteiger partial charge on any atom is 0.355 e. The Bertz CT molecular complexity index is 962. The Morgan fingerprint density at radius 1 is 1.04 bits per heavy atom. The van der Waals surface area contributed by atoms with Crippen molar-refractivity contribution in [3.8, 4) is 0 Å². The number of hydrogen-bond donors (Lipinski definition) is 3. The lowest BCUT2D eigenvalue weighted by Crippen LogP contribution is -2.31. The number of aryl methyl sites for hydroxylation is 1. The van der Waals surface area contributed by atoms with Crippen LogP contribution >= 0.6 is 0 Å². The van der Waals surface area contributed by atoms with E-state index in [1.165, 1.54) is 12.3 Å². The van der Waals surface area contributed by atoms with Gasteiger partial charge in [-0.2, -0.15) is 0 Å². The first-order valence-corrected chi connectivity index (χ1v) is 7.85. The van der Waals surface area contributed by atoms with E-state index in [0.717, 1.165) is 11.9 Å². The minimum Gasteiger partial charge on any atom is -0.334 e. The third-order valence-corrected chi connectivity index (χ3v) is 3.51. The molecule has 0 unspecified atom stereocenters. The summed E-state index contributed by atoms with van der Waals surface area (Å²) in [5.41, 5.74) is 6.22. The van der Waals surface area contributed by atoms with Gasteiger partial charge < -0.3 is 5.32 Å². The van der Waals surface area contributed by atoms with Gasteiger partial charge in [-0.05, 0) is 31.2 Å². The number of benzene rings is 1. The van der Waals surface area contributed by atoms with Crippen LogP contribution in [0.15, 0.2) is 55.0 Å². The molecule has 0 bridgehead atoms. The molecule has 0 spiro atoms. The zero-order chi connectivity index (χ0) is 19.2. The molecule has 0 fully saturated rings. The largest absolute Gasteiger partial charge is 0.355 e. The zero-order valence-electron chi connectivity index (χ0n) is 14.2. The van der Waals surface area contributed by atoms with Gasteiger partial charge in [0.25, 0.3) is 5.91 Å². The van der Waals surface area contributed by atoms with E-state index >= 15 is 0 Å². The average Bonchev–Trinajstić information content (AvgIpc) is 2.68. The third-order valence-electron chi connectivity index (χ3n) is 3.51. The highest BCUT2D eigenvalue weighted by Crippen LogP contribution is 2.30. The van der Waals surface area contributed by atoms with E-state index in [1.807, 2.05) is 19.1 Å². The van der Waals surface area contributed by atoms with Gasteiger partial charge in [-0.1, -0.05) is 23.8 Å². The lowest BCUT2D eigenvalue weighted by Gasteiger charge is -2.11. The summed E-state index contributed by atoms with van der Waals surface area (Å²) in [6.07, 6.45) is 2.62. The van der Waals surface area contributed by atoms with E-state index in [-0.39, 0.29) is 17.3 Å². The predicted octanol–water partition coefficient (Wildman–Crippen LogP) is 2.59. The van der Waals surface area contributed by atoms with Crippen molar-refractivity contribution in [1.29, 1.82) is 0 Å². The van der Waals surface area contributed by atoms with Crippen molar-refractivity contribution < 1.29 is 9.72 Å². The van der Waals surface area contributed by atoms with Crippen LogP contribution in [0.25, 0.3) is 0 Å². The smallest absolute Gasteiger partial charge is 0.334 e. The number of hydrogen-bond acceptors (Lipinski definition) is 8. The van der Waals surface area contributed by atoms with Gasteiger partial charge in [0.1, 0.15) is 12.0 Å². The van der Waals surface area contributed by atoms with E-state index < -0.39 is 16.5 Å². The van der Waals surface area contributed by atoms with Gasteiger partial charge >= 0.3 is 5.69 Å². The fourth-order valence-electron chi connectivity index (χ4n) is 2.19. The molecule has 0 aliphatic carbocycles. The van der Waals surface area contributed by atoms with E-state index in [4.69, 9.17) is 0 Å². The number of aromatic nitrogens is 3. The van der Waals surface area contributed by atoms with Gasteiger partial charge in [0.2, 0.25) is 11.6 Å². The molecule has 0 radical (unpaired) electrons. The number of carbonyl (C=O) groups excluding carboxylic acids is 1. The Morgan fingerprint density at radius 3 is 2.44 bits per heavy atom. The van der Waals surface area contributed by atoms with E-state index in [9.17, 15) is 14.9 Å². The first-order valence-electron chi connectivity index (χ1n) is 7.85. The van der Waals surface area contributed by atoms with Crippen molar-refractivity contribution in [2.24, 2.45) is 0 Å². The lowest BCUT2D eigenvalue weighted by molar-refractivity contribution is -0.383. The topological polar surface area (TPSA) is 135 Å². The predicted molar refractivity (Wildman–Crippen MR) is 98.5 cm³/mol. The zero-order valence-corrected chi connectivity index (χ0v) is 14.2. The highest BCUT2D eigenvalue weighted by Gasteiger charge is 2.23. The number of nitrogens with one attached hydrogen (secondary N) is 3. The molecule has 0 atom stereocenters. The van der Waals surface area contributed by atoms with E-state index in [1.54, 1.807) is 24.3 Å². The van der Waals surface area contributed by atoms with Crippen LogP contribution in [0.2, 0.25) is 0 Å². The minimum atomic E-state index is -0.633. The molecule has 3 rings (SSSR count). The van der Waals surface area contributed by atoms with Crippen molar-refractivity contribution in [3.05, 3.63) is 76.4 Å². The molecule has 3 N–H and O–H groups in total. The van der Waals surface area contributed by atoms with Gasteiger partial charge in [-0.25, -0.2) is 9.97 Å². The standard InChI is InChI=1S/C17H15N7O3/c1-11-5-7-12(8-6-11)21-15-14(24(26)27)16(20-10-19-15)22-23-17(25)13-4-2-3-9-18-13/h2-10H,1H3,(H,23,25)(H2,19,20,21,22). The Hall–Kier alpha value is -4.08. The summed E-state index contributed by atoms with van der Waals surface area (Å²) in [6.45, 7) is 1.93. The first kappa shape index (κ1) is 17.7. The second kappa shape index (κ2) is 7.87. The Kier molecular flexibility index (Phi) is 5.17. The summed E-state index contributed by atoms with van der Waals surface area (Å²) in [6, 6.07) is 12.1. The quantitative estimate of drug-likeness (QED) is 0.448. The summed E-state index contributed by atoms with van der Waals surface area (Å²) in [4.78, 5) is 34.6. The number of nitro groups is 1. The number of rotatable bonds is 6. The summed E-state index contributed by atoms with van der Waals surface area (Å²) in [5.74, 6) is -0.723. The maximum atomic E-state index is 12.0.